The van der Waals surface area contributed by atoms with Crippen LogP contribution in [0, 0.1) is 6.92 Å². The lowest BCUT2D eigenvalue weighted by Gasteiger charge is -2.23. The lowest BCUT2D eigenvalue weighted by Crippen LogP contribution is -2.35. The molecule has 19 heavy (non-hydrogen) atoms. The standard InChI is InChI=1S/C15H21N3S/c1-11-5-6-13-14(9-11)19-15(17-13)16-10-12(2)18-7-3-4-8-18/h5-6,9,12H,3-4,7-8,10H2,1-2H3,(H,16,17). The van der Waals surface area contributed by atoms with Gasteiger partial charge in [-0.15, -0.1) is 0 Å². The molecule has 1 atom stereocenters. The zero-order valence-electron chi connectivity index (χ0n) is 11.6. The minimum atomic E-state index is 0.594. The Kier molecular flexibility index (Phi) is 3.71. The van der Waals surface area contributed by atoms with Crippen LogP contribution in [0.3, 0.4) is 0 Å². The molecule has 3 rings (SSSR count). The van der Waals surface area contributed by atoms with Crippen molar-refractivity contribution in [1.29, 1.82) is 0 Å². The Bertz CT molecular complexity index is 558. The highest BCUT2D eigenvalue weighted by Gasteiger charge is 2.17. The molecule has 1 aromatic heterocycles. The summed E-state index contributed by atoms with van der Waals surface area (Å²) in [6.07, 6.45) is 2.70. The van der Waals surface area contributed by atoms with E-state index in [4.69, 9.17) is 0 Å². The molecule has 1 unspecified atom stereocenters. The summed E-state index contributed by atoms with van der Waals surface area (Å²) in [5.41, 5.74) is 2.40. The smallest absolute Gasteiger partial charge is 0.183 e. The Morgan fingerprint density at radius 1 is 1.37 bits per heavy atom. The van der Waals surface area contributed by atoms with Crippen LogP contribution in [0.25, 0.3) is 10.2 Å². The van der Waals surface area contributed by atoms with Crippen LogP contribution in [-0.4, -0.2) is 35.6 Å². The highest BCUT2D eigenvalue weighted by atomic mass is 32.1. The van der Waals surface area contributed by atoms with Gasteiger partial charge in [0.05, 0.1) is 10.2 Å². The highest BCUT2D eigenvalue weighted by Crippen LogP contribution is 2.26. The van der Waals surface area contributed by atoms with Gasteiger partial charge in [0, 0.05) is 12.6 Å². The third kappa shape index (κ3) is 2.90. The van der Waals surface area contributed by atoms with Crippen molar-refractivity contribution < 1.29 is 0 Å². The van der Waals surface area contributed by atoms with E-state index in [2.05, 4.69) is 47.2 Å². The van der Waals surface area contributed by atoms with Crippen molar-refractivity contribution in [2.75, 3.05) is 25.0 Å². The number of hydrogen-bond acceptors (Lipinski definition) is 4. The molecule has 0 amide bonds. The molecule has 2 heterocycles. The van der Waals surface area contributed by atoms with E-state index >= 15 is 0 Å². The van der Waals surface area contributed by atoms with Crippen LogP contribution in [0.5, 0.6) is 0 Å². The Labute approximate surface area is 118 Å². The first-order valence-corrected chi connectivity index (χ1v) is 7.89. The van der Waals surface area contributed by atoms with Crippen LogP contribution in [0.4, 0.5) is 5.13 Å². The Balaban J connectivity index is 1.64. The Morgan fingerprint density at radius 2 is 2.16 bits per heavy atom. The molecule has 0 saturated carbocycles. The minimum Gasteiger partial charge on any atom is -0.360 e. The van der Waals surface area contributed by atoms with E-state index in [1.807, 2.05) is 0 Å². The van der Waals surface area contributed by atoms with E-state index in [1.165, 1.54) is 36.2 Å². The number of rotatable bonds is 4. The Hall–Kier alpha value is -1.13. The lowest BCUT2D eigenvalue weighted by molar-refractivity contribution is 0.269. The lowest BCUT2D eigenvalue weighted by atomic mass is 10.2. The Morgan fingerprint density at radius 3 is 2.95 bits per heavy atom. The summed E-state index contributed by atoms with van der Waals surface area (Å²) in [6.45, 7) is 7.92. The number of aromatic nitrogens is 1. The monoisotopic (exact) mass is 275 g/mol. The number of nitrogens with zero attached hydrogens (tertiary/aromatic N) is 2. The minimum absolute atomic E-state index is 0.594. The first-order valence-electron chi connectivity index (χ1n) is 7.07. The molecule has 1 aliphatic rings. The number of nitrogens with one attached hydrogen (secondary N) is 1. The third-order valence-corrected chi connectivity index (χ3v) is 4.83. The van der Waals surface area contributed by atoms with Gasteiger partial charge < -0.3 is 5.32 Å². The molecule has 4 heteroatoms. The van der Waals surface area contributed by atoms with Crippen molar-refractivity contribution in [2.24, 2.45) is 0 Å². The van der Waals surface area contributed by atoms with Gasteiger partial charge in [-0.05, 0) is 57.5 Å². The molecule has 1 aromatic carbocycles. The maximum Gasteiger partial charge on any atom is 0.183 e. The number of thiazole rings is 1. The summed E-state index contributed by atoms with van der Waals surface area (Å²) in [4.78, 5) is 7.20. The molecule has 2 aromatic rings. The molecule has 102 valence electrons. The molecular weight excluding hydrogens is 254 g/mol. The molecule has 0 radical (unpaired) electrons. The van der Waals surface area contributed by atoms with Crippen LogP contribution >= 0.6 is 11.3 Å². The van der Waals surface area contributed by atoms with E-state index in [0.717, 1.165) is 17.2 Å². The number of aryl methyl sites for hydroxylation is 1. The predicted molar refractivity (Wildman–Crippen MR) is 83.1 cm³/mol. The van der Waals surface area contributed by atoms with Crippen molar-refractivity contribution in [3.63, 3.8) is 0 Å². The SMILES string of the molecule is Cc1ccc2nc(NCC(C)N3CCCC3)sc2c1. The largest absolute Gasteiger partial charge is 0.360 e. The summed E-state index contributed by atoms with van der Waals surface area (Å²) in [6, 6.07) is 7.04. The molecule has 3 nitrogen and oxygen atoms in total. The van der Waals surface area contributed by atoms with Crippen molar-refractivity contribution >= 4 is 26.7 Å². The maximum atomic E-state index is 4.64. The second-order valence-electron chi connectivity index (χ2n) is 5.46. The van der Waals surface area contributed by atoms with Crippen LogP contribution in [-0.2, 0) is 0 Å². The molecule has 0 bridgehead atoms. The van der Waals surface area contributed by atoms with Crippen LogP contribution in [0.2, 0.25) is 0 Å². The molecule has 1 N–H and O–H groups in total. The quantitative estimate of drug-likeness (QED) is 0.925. The summed E-state index contributed by atoms with van der Waals surface area (Å²) in [5, 5.41) is 4.54. The van der Waals surface area contributed by atoms with Crippen LogP contribution in [0.1, 0.15) is 25.3 Å². The third-order valence-electron chi connectivity index (χ3n) is 3.86. The van der Waals surface area contributed by atoms with Gasteiger partial charge in [0.2, 0.25) is 0 Å². The molecule has 1 fully saturated rings. The summed E-state index contributed by atoms with van der Waals surface area (Å²) in [5.74, 6) is 0. The number of likely N-dealkylation sites (tertiary alicyclic amines) is 1. The van der Waals surface area contributed by atoms with Gasteiger partial charge in [-0.3, -0.25) is 4.90 Å². The van der Waals surface area contributed by atoms with E-state index < -0.39 is 0 Å². The van der Waals surface area contributed by atoms with Crippen LogP contribution < -0.4 is 5.32 Å². The fraction of sp³-hybridized carbons (Fsp3) is 0.533. The molecule has 0 aliphatic carbocycles. The van der Waals surface area contributed by atoms with Gasteiger partial charge in [-0.25, -0.2) is 4.98 Å². The molecule has 0 spiro atoms. The zero-order chi connectivity index (χ0) is 13.2. The van der Waals surface area contributed by atoms with E-state index in [9.17, 15) is 0 Å². The van der Waals surface area contributed by atoms with E-state index in [-0.39, 0.29) is 0 Å². The summed E-state index contributed by atoms with van der Waals surface area (Å²) in [7, 11) is 0. The van der Waals surface area contributed by atoms with E-state index in [0.29, 0.717) is 6.04 Å². The molecular formula is C15H21N3S. The van der Waals surface area contributed by atoms with Crippen LogP contribution in [0.15, 0.2) is 18.2 Å². The van der Waals surface area contributed by atoms with Gasteiger partial charge in [0.1, 0.15) is 0 Å². The maximum absolute atomic E-state index is 4.64. The number of benzene rings is 1. The fourth-order valence-electron chi connectivity index (χ4n) is 2.65. The number of fused-ring (bicyclic) bond motifs is 1. The van der Waals surface area contributed by atoms with Gasteiger partial charge >= 0.3 is 0 Å². The van der Waals surface area contributed by atoms with Gasteiger partial charge in [0.25, 0.3) is 0 Å². The highest BCUT2D eigenvalue weighted by molar-refractivity contribution is 7.22. The van der Waals surface area contributed by atoms with Crippen molar-refractivity contribution in [3.05, 3.63) is 23.8 Å². The number of anilines is 1. The first kappa shape index (κ1) is 12.9. The van der Waals surface area contributed by atoms with Gasteiger partial charge in [0.15, 0.2) is 5.13 Å². The first-order chi connectivity index (χ1) is 9.22. The zero-order valence-corrected chi connectivity index (χ0v) is 12.5. The van der Waals surface area contributed by atoms with Gasteiger partial charge in [-0.2, -0.15) is 0 Å². The summed E-state index contributed by atoms with van der Waals surface area (Å²) >= 11 is 1.76. The summed E-state index contributed by atoms with van der Waals surface area (Å²) < 4.78 is 1.27. The molecule has 1 saturated heterocycles. The van der Waals surface area contributed by atoms with Gasteiger partial charge in [-0.1, -0.05) is 17.4 Å². The average molecular weight is 275 g/mol. The van der Waals surface area contributed by atoms with Crippen molar-refractivity contribution in [2.45, 2.75) is 32.7 Å². The molecule has 1 aliphatic heterocycles. The normalized spacial score (nSPS) is 18.0. The predicted octanol–water partition coefficient (Wildman–Crippen LogP) is 3.50. The number of hydrogen-bond donors (Lipinski definition) is 1. The van der Waals surface area contributed by atoms with Crippen molar-refractivity contribution in [1.82, 2.24) is 9.88 Å². The fourth-order valence-corrected chi connectivity index (χ4v) is 3.62. The second kappa shape index (κ2) is 5.47. The van der Waals surface area contributed by atoms with E-state index in [1.54, 1.807) is 11.3 Å². The van der Waals surface area contributed by atoms with Crippen molar-refractivity contribution in [3.8, 4) is 0 Å². The topological polar surface area (TPSA) is 28.2 Å². The average Bonchev–Trinajstić information content (AvgIpc) is 3.04. The second-order valence-corrected chi connectivity index (χ2v) is 6.49.